The number of halogens is 1. The van der Waals surface area contributed by atoms with Gasteiger partial charge in [0.2, 0.25) is 0 Å². The second kappa shape index (κ2) is 5.41. The third kappa shape index (κ3) is 4.49. The van der Waals surface area contributed by atoms with Crippen molar-refractivity contribution < 1.29 is 0 Å². The minimum absolute atomic E-state index is 0.697. The molecular weight excluding hydrogens is 237 g/mol. The second-order valence-electron chi connectivity index (χ2n) is 1.63. The van der Waals surface area contributed by atoms with Crippen molar-refractivity contribution in [2.75, 3.05) is 0 Å². The molecule has 54 valence electrons. The van der Waals surface area contributed by atoms with Gasteiger partial charge in [0.1, 0.15) is 3.72 Å². The molecule has 0 aliphatic carbocycles. The Morgan fingerprint density at radius 1 is 1.60 bits per heavy atom. The molecule has 0 radical (unpaired) electrons. The lowest BCUT2D eigenvalue weighted by molar-refractivity contribution is 1.46. The van der Waals surface area contributed by atoms with Crippen molar-refractivity contribution in [3.05, 3.63) is 37.1 Å². The SMILES string of the molecule is C=CC(=C)N=C(I)/C=C\C. The summed E-state index contributed by atoms with van der Waals surface area (Å²) in [6.45, 7) is 9.14. The molecule has 0 unspecified atom stereocenters. The Balaban J connectivity index is 4.15. The van der Waals surface area contributed by atoms with Crippen molar-refractivity contribution in [2.24, 2.45) is 4.99 Å². The van der Waals surface area contributed by atoms with Crippen LogP contribution in [0.15, 0.2) is 42.1 Å². The van der Waals surface area contributed by atoms with Gasteiger partial charge in [-0.25, -0.2) is 4.99 Å². The quantitative estimate of drug-likeness (QED) is 0.413. The fourth-order valence-electron chi connectivity index (χ4n) is 0.358. The van der Waals surface area contributed by atoms with Gasteiger partial charge in [0, 0.05) is 0 Å². The molecule has 0 saturated heterocycles. The molecular formula is C8H10IN. The summed E-state index contributed by atoms with van der Waals surface area (Å²) in [4.78, 5) is 4.09. The first kappa shape index (κ1) is 9.62. The number of aliphatic imine (C=N–C) groups is 1. The summed E-state index contributed by atoms with van der Waals surface area (Å²) >= 11 is 2.13. The van der Waals surface area contributed by atoms with Gasteiger partial charge in [0.25, 0.3) is 0 Å². The lowest BCUT2D eigenvalue weighted by Gasteiger charge is -1.88. The fourth-order valence-corrected chi connectivity index (χ4v) is 1.03. The summed E-state index contributed by atoms with van der Waals surface area (Å²) in [5.41, 5.74) is 0.697. The van der Waals surface area contributed by atoms with E-state index in [1.165, 1.54) is 0 Å². The van der Waals surface area contributed by atoms with Crippen LogP contribution in [0.4, 0.5) is 0 Å². The molecule has 0 aromatic carbocycles. The summed E-state index contributed by atoms with van der Waals surface area (Å²) in [7, 11) is 0. The highest BCUT2D eigenvalue weighted by molar-refractivity contribution is 14.1. The number of rotatable bonds is 3. The van der Waals surface area contributed by atoms with Crippen LogP contribution >= 0.6 is 22.6 Å². The highest BCUT2D eigenvalue weighted by Crippen LogP contribution is 2.00. The average molecular weight is 247 g/mol. The number of allylic oxidation sites excluding steroid dienone is 3. The Morgan fingerprint density at radius 2 is 2.20 bits per heavy atom. The molecule has 0 amide bonds. The van der Waals surface area contributed by atoms with Crippen LogP contribution in [0.5, 0.6) is 0 Å². The molecule has 0 spiro atoms. The maximum atomic E-state index is 4.09. The van der Waals surface area contributed by atoms with E-state index in [2.05, 4.69) is 40.7 Å². The zero-order valence-electron chi connectivity index (χ0n) is 5.97. The molecule has 0 heterocycles. The first-order valence-electron chi connectivity index (χ1n) is 2.89. The van der Waals surface area contributed by atoms with Crippen LogP contribution in [0.25, 0.3) is 0 Å². The topological polar surface area (TPSA) is 12.4 Å². The number of hydrogen-bond donors (Lipinski definition) is 0. The Morgan fingerprint density at radius 3 is 2.60 bits per heavy atom. The molecule has 0 aliphatic rings. The lowest BCUT2D eigenvalue weighted by atomic mass is 10.5. The predicted octanol–water partition coefficient (Wildman–Crippen LogP) is 3.10. The van der Waals surface area contributed by atoms with Crippen LogP contribution in [-0.4, -0.2) is 3.72 Å². The lowest BCUT2D eigenvalue weighted by Crippen LogP contribution is -1.77. The van der Waals surface area contributed by atoms with Gasteiger partial charge in [-0.1, -0.05) is 19.2 Å². The Hall–Kier alpha value is -0.380. The first-order valence-corrected chi connectivity index (χ1v) is 3.96. The van der Waals surface area contributed by atoms with Gasteiger partial charge >= 0.3 is 0 Å². The Bertz CT molecular complexity index is 189. The molecule has 0 rings (SSSR count). The van der Waals surface area contributed by atoms with Gasteiger partial charge in [-0.2, -0.15) is 0 Å². The predicted molar refractivity (Wildman–Crippen MR) is 55.6 cm³/mol. The smallest absolute Gasteiger partial charge is 0.101 e. The second-order valence-corrected chi connectivity index (χ2v) is 2.74. The zero-order chi connectivity index (χ0) is 7.98. The normalized spacial score (nSPS) is 12.0. The Kier molecular flexibility index (Phi) is 5.20. The molecule has 0 N–H and O–H groups in total. The summed E-state index contributed by atoms with van der Waals surface area (Å²) in [6, 6.07) is 0. The van der Waals surface area contributed by atoms with E-state index in [1.807, 2.05) is 19.1 Å². The van der Waals surface area contributed by atoms with E-state index in [1.54, 1.807) is 6.08 Å². The van der Waals surface area contributed by atoms with E-state index in [0.717, 1.165) is 3.72 Å². The molecule has 0 atom stereocenters. The van der Waals surface area contributed by atoms with Crippen LogP contribution in [0.2, 0.25) is 0 Å². The third-order valence-corrected chi connectivity index (χ3v) is 1.39. The largest absolute Gasteiger partial charge is 0.243 e. The maximum Gasteiger partial charge on any atom is 0.101 e. The monoisotopic (exact) mass is 247 g/mol. The van der Waals surface area contributed by atoms with Gasteiger partial charge in [-0.15, -0.1) is 0 Å². The van der Waals surface area contributed by atoms with E-state index in [9.17, 15) is 0 Å². The van der Waals surface area contributed by atoms with Crippen LogP contribution < -0.4 is 0 Å². The number of nitrogens with zero attached hydrogens (tertiary/aromatic N) is 1. The van der Waals surface area contributed by atoms with Crippen LogP contribution in [0.3, 0.4) is 0 Å². The Labute approximate surface area is 75.4 Å². The summed E-state index contributed by atoms with van der Waals surface area (Å²) < 4.78 is 0.921. The molecule has 1 nitrogen and oxygen atoms in total. The number of hydrogen-bond acceptors (Lipinski definition) is 1. The summed E-state index contributed by atoms with van der Waals surface area (Å²) in [5, 5.41) is 0. The van der Waals surface area contributed by atoms with E-state index < -0.39 is 0 Å². The van der Waals surface area contributed by atoms with E-state index in [-0.39, 0.29) is 0 Å². The van der Waals surface area contributed by atoms with Crippen LogP contribution in [0.1, 0.15) is 6.92 Å². The molecule has 0 aromatic heterocycles. The van der Waals surface area contributed by atoms with Crippen molar-refractivity contribution in [3.63, 3.8) is 0 Å². The zero-order valence-corrected chi connectivity index (χ0v) is 8.13. The highest BCUT2D eigenvalue weighted by atomic mass is 127. The molecule has 2 heteroatoms. The molecule has 0 saturated carbocycles. The van der Waals surface area contributed by atoms with Crippen molar-refractivity contribution >= 4 is 26.3 Å². The molecule has 0 fully saturated rings. The molecule has 0 bridgehead atoms. The van der Waals surface area contributed by atoms with Gasteiger partial charge in [-0.05, 0) is 41.7 Å². The maximum absolute atomic E-state index is 4.09. The van der Waals surface area contributed by atoms with E-state index in [0.29, 0.717) is 5.70 Å². The average Bonchev–Trinajstić information content (AvgIpc) is 1.88. The highest BCUT2D eigenvalue weighted by Gasteiger charge is 1.84. The fraction of sp³-hybridized carbons (Fsp3) is 0.125. The first-order chi connectivity index (χ1) is 4.70. The van der Waals surface area contributed by atoms with Gasteiger partial charge in [0.05, 0.1) is 5.70 Å². The molecule has 0 aliphatic heterocycles. The summed E-state index contributed by atoms with van der Waals surface area (Å²) in [5.74, 6) is 0. The summed E-state index contributed by atoms with van der Waals surface area (Å²) in [6.07, 6.45) is 5.47. The van der Waals surface area contributed by atoms with Crippen molar-refractivity contribution in [2.45, 2.75) is 6.92 Å². The van der Waals surface area contributed by atoms with Gasteiger partial charge in [0.15, 0.2) is 0 Å². The van der Waals surface area contributed by atoms with E-state index in [4.69, 9.17) is 0 Å². The van der Waals surface area contributed by atoms with Gasteiger partial charge < -0.3 is 0 Å². The minimum atomic E-state index is 0.697. The standard InChI is InChI=1S/C8H10IN/c1-4-6-8(9)10-7(3)5-2/h4-6H,2-3H2,1H3/b6-4-,10-8?. The van der Waals surface area contributed by atoms with Crippen molar-refractivity contribution in [3.8, 4) is 0 Å². The van der Waals surface area contributed by atoms with Gasteiger partial charge in [-0.3, -0.25) is 0 Å². The molecule has 0 aromatic rings. The van der Waals surface area contributed by atoms with Crippen LogP contribution in [-0.2, 0) is 0 Å². The van der Waals surface area contributed by atoms with E-state index >= 15 is 0 Å². The van der Waals surface area contributed by atoms with Crippen molar-refractivity contribution in [1.82, 2.24) is 0 Å². The minimum Gasteiger partial charge on any atom is -0.243 e. The third-order valence-electron chi connectivity index (χ3n) is 0.790. The molecule has 10 heavy (non-hydrogen) atoms. The van der Waals surface area contributed by atoms with Crippen molar-refractivity contribution in [1.29, 1.82) is 0 Å². The van der Waals surface area contributed by atoms with Crippen LogP contribution in [0, 0.1) is 0 Å².